The summed E-state index contributed by atoms with van der Waals surface area (Å²) in [6.07, 6.45) is 3.95. The molecule has 10 heteroatoms. The number of amides is 1. The number of hydrogen-bond donors (Lipinski definition) is 2. The molecular weight excluding hydrogens is 342 g/mol. The number of nitrogens with zero attached hydrogens (tertiary/aromatic N) is 5. The van der Waals surface area contributed by atoms with Crippen LogP contribution in [0.1, 0.15) is 41.1 Å². The number of thioether (sulfide) groups is 1. The number of piperidine rings is 1. The Labute approximate surface area is 149 Å². The zero-order valence-electron chi connectivity index (χ0n) is 14.1. The van der Waals surface area contributed by atoms with Crippen LogP contribution in [0.5, 0.6) is 0 Å². The van der Waals surface area contributed by atoms with Crippen molar-refractivity contribution in [2.75, 3.05) is 20.1 Å². The molecule has 0 radical (unpaired) electrons. The lowest BCUT2D eigenvalue weighted by Crippen LogP contribution is -2.28. The van der Waals surface area contributed by atoms with Gasteiger partial charge < -0.3 is 19.7 Å². The Kier molecular flexibility index (Phi) is 5.82. The van der Waals surface area contributed by atoms with E-state index in [4.69, 9.17) is 4.52 Å². The topological polar surface area (TPSA) is 111 Å². The van der Waals surface area contributed by atoms with Crippen LogP contribution in [0, 0.1) is 0 Å². The van der Waals surface area contributed by atoms with Gasteiger partial charge in [0.15, 0.2) is 11.0 Å². The first-order valence-electron chi connectivity index (χ1n) is 8.15. The third-order valence-electron chi connectivity index (χ3n) is 3.98. The van der Waals surface area contributed by atoms with Crippen molar-refractivity contribution in [2.24, 2.45) is 0 Å². The van der Waals surface area contributed by atoms with Crippen molar-refractivity contribution in [3.63, 3.8) is 0 Å². The first kappa shape index (κ1) is 17.6. The summed E-state index contributed by atoms with van der Waals surface area (Å²) < 4.78 is 7.02. The molecule has 134 valence electrons. The van der Waals surface area contributed by atoms with Crippen molar-refractivity contribution < 1.29 is 9.32 Å². The summed E-state index contributed by atoms with van der Waals surface area (Å²) in [6, 6.07) is 0. The van der Waals surface area contributed by atoms with E-state index in [9.17, 15) is 4.79 Å². The smallest absolute Gasteiger partial charge is 0.315 e. The molecule has 0 aliphatic carbocycles. The van der Waals surface area contributed by atoms with Gasteiger partial charge in [-0.25, -0.2) is 0 Å². The summed E-state index contributed by atoms with van der Waals surface area (Å²) in [7, 11) is 1.51. The molecule has 2 N–H and O–H groups in total. The Morgan fingerprint density at radius 3 is 3.00 bits per heavy atom. The summed E-state index contributed by atoms with van der Waals surface area (Å²) in [6.45, 7) is 6.49. The second-order valence-corrected chi connectivity index (χ2v) is 6.59. The maximum absolute atomic E-state index is 11.5. The Hall–Kier alpha value is -2.20. The van der Waals surface area contributed by atoms with Crippen molar-refractivity contribution in [2.45, 2.75) is 36.2 Å². The lowest BCUT2D eigenvalue weighted by Gasteiger charge is -2.22. The Morgan fingerprint density at radius 1 is 1.48 bits per heavy atom. The first-order valence-corrected chi connectivity index (χ1v) is 9.13. The van der Waals surface area contributed by atoms with Gasteiger partial charge >= 0.3 is 11.8 Å². The van der Waals surface area contributed by atoms with E-state index in [-0.39, 0.29) is 5.89 Å². The highest BCUT2D eigenvalue weighted by Gasteiger charge is 2.23. The summed E-state index contributed by atoms with van der Waals surface area (Å²) in [4.78, 5) is 15.5. The molecule has 3 heterocycles. The standard InChI is InChI=1S/C15H21N7O2S/c1-3-8-22-12(10-4-6-17-7-5-10)19-20-15(22)25-9-11-18-14(24-21-11)13(23)16-2/h3,10,17H,1,4-9H2,2H3,(H,16,23). The van der Waals surface area contributed by atoms with Crippen molar-refractivity contribution >= 4 is 17.7 Å². The molecule has 0 saturated carbocycles. The molecule has 0 aromatic carbocycles. The predicted molar refractivity (Wildman–Crippen MR) is 92.3 cm³/mol. The highest BCUT2D eigenvalue weighted by Crippen LogP contribution is 2.28. The lowest BCUT2D eigenvalue weighted by molar-refractivity contribution is 0.0919. The minimum atomic E-state index is -0.397. The fourth-order valence-electron chi connectivity index (χ4n) is 2.73. The third kappa shape index (κ3) is 4.07. The van der Waals surface area contributed by atoms with Crippen LogP contribution in [0.4, 0.5) is 0 Å². The van der Waals surface area contributed by atoms with Crippen LogP contribution in [0.25, 0.3) is 0 Å². The number of nitrogens with one attached hydrogen (secondary N) is 2. The second-order valence-electron chi connectivity index (χ2n) is 5.65. The maximum atomic E-state index is 11.5. The van der Waals surface area contributed by atoms with E-state index in [1.165, 1.54) is 18.8 Å². The van der Waals surface area contributed by atoms with Gasteiger partial charge in [0.1, 0.15) is 5.82 Å². The molecule has 0 spiro atoms. The maximum Gasteiger partial charge on any atom is 0.315 e. The minimum Gasteiger partial charge on any atom is -0.351 e. The second kappa shape index (κ2) is 8.26. The normalized spacial score (nSPS) is 15.2. The summed E-state index contributed by atoms with van der Waals surface area (Å²) in [5.41, 5.74) is 0. The number of aromatic nitrogens is 5. The SMILES string of the molecule is C=CCn1c(SCc2noc(C(=O)NC)n2)nnc1C1CCNCC1. The predicted octanol–water partition coefficient (Wildman–Crippen LogP) is 0.966. The fourth-order valence-corrected chi connectivity index (χ4v) is 3.53. The molecule has 25 heavy (non-hydrogen) atoms. The lowest BCUT2D eigenvalue weighted by atomic mass is 9.97. The van der Waals surface area contributed by atoms with Crippen LogP contribution < -0.4 is 10.6 Å². The monoisotopic (exact) mass is 363 g/mol. The van der Waals surface area contributed by atoms with E-state index < -0.39 is 5.91 Å². The van der Waals surface area contributed by atoms with Crippen molar-refractivity contribution in [1.82, 2.24) is 35.5 Å². The van der Waals surface area contributed by atoms with E-state index in [1.54, 1.807) is 0 Å². The Morgan fingerprint density at radius 2 is 2.28 bits per heavy atom. The van der Waals surface area contributed by atoms with Gasteiger partial charge in [-0.3, -0.25) is 4.79 Å². The molecule has 3 rings (SSSR count). The van der Waals surface area contributed by atoms with E-state index >= 15 is 0 Å². The molecule has 2 aromatic rings. The molecule has 0 bridgehead atoms. The first-order chi connectivity index (χ1) is 12.2. The molecule has 2 aromatic heterocycles. The highest BCUT2D eigenvalue weighted by molar-refractivity contribution is 7.98. The number of hydrogen-bond acceptors (Lipinski definition) is 8. The molecule has 1 amide bonds. The van der Waals surface area contributed by atoms with Gasteiger partial charge in [-0.1, -0.05) is 23.0 Å². The van der Waals surface area contributed by atoms with Crippen LogP contribution in [-0.2, 0) is 12.3 Å². The van der Waals surface area contributed by atoms with Crippen LogP contribution >= 0.6 is 11.8 Å². The average molecular weight is 363 g/mol. The van der Waals surface area contributed by atoms with Gasteiger partial charge in [-0.05, 0) is 25.9 Å². The van der Waals surface area contributed by atoms with E-state index in [0.717, 1.165) is 36.9 Å². The van der Waals surface area contributed by atoms with E-state index in [2.05, 4.69) is 42.1 Å². The molecular formula is C15H21N7O2S. The third-order valence-corrected chi connectivity index (χ3v) is 4.94. The molecule has 1 aliphatic rings. The van der Waals surface area contributed by atoms with Crippen molar-refractivity contribution in [3.05, 3.63) is 30.2 Å². The van der Waals surface area contributed by atoms with Crippen LogP contribution in [0.2, 0.25) is 0 Å². The van der Waals surface area contributed by atoms with Gasteiger partial charge in [0.25, 0.3) is 0 Å². The van der Waals surface area contributed by atoms with Gasteiger partial charge in [-0.2, -0.15) is 4.98 Å². The van der Waals surface area contributed by atoms with Crippen LogP contribution in [-0.4, -0.2) is 50.9 Å². The quantitative estimate of drug-likeness (QED) is 0.553. The van der Waals surface area contributed by atoms with Gasteiger partial charge in [0, 0.05) is 19.5 Å². The van der Waals surface area contributed by atoms with E-state index in [1.807, 2.05) is 6.08 Å². The number of rotatable bonds is 7. The molecule has 0 unspecified atom stereocenters. The summed E-state index contributed by atoms with van der Waals surface area (Å²) >= 11 is 1.47. The highest BCUT2D eigenvalue weighted by atomic mass is 32.2. The van der Waals surface area contributed by atoms with Crippen LogP contribution in [0.3, 0.4) is 0 Å². The summed E-state index contributed by atoms with van der Waals surface area (Å²) in [5.74, 6) is 1.87. The van der Waals surface area contributed by atoms with E-state index in [0.29, 0.717) is 24.0 Å². The molecule has 1 aliphatic heterocycles. The summed E-state index contributed by atoms with van der Waals surface area (Å²) in [5, 5.41) is 19.2. The fraction of sp³-hybridized carbons (Fsp3) is 0.533. The van der Waals surface area contributed by atoms with Gasteiger partial charge in [0.05, 0.1) is 5.75 Å². The number of carbonyl (C=O) groups is 1. The van der Waals surface area contributed by atoms with Gasteiger partial charge in [0.2, 0.25) is 0 Å². The van der Waals surface area contributed by atoms with Crippen molar-refractivity contribution in [1.29, 1.82) is 0 Å². The molecule has 1 fully saturated rings. The number of allylic oxidation sites excluding steroid dienone is 1. The largest absolute Gasteiger partial charge is 0.351 e. The Bertz CT molecular complexity index is 736. The zero-order chi connectivity index (χ0) is 17.6. The molecule has 1 saturated heterocycles. The zero-order valence-corrected chi connectivity index (χ0v) is 14.9. The van der Waals surface area contributed by atoms with Crippen molar-refractivity contribution in [3.8, 4) is 0 Å². The van der Waals surface area contributed by atoms with Crippen LogP contribution in [0.15, 0.2) is 22.3 Å². The molecule has 0 atom stereocenters. The average Bonchev–Trinajstić information content (AvgIpc) is 3.27. The Balaban J connectivity index is 1.71. The minimum absolute atomic E-state index is 0.0407. The number of carbonyl (C=O) groups excluding carboxylic acids is 1. The van der Waals surface area contributed by atoms with Gasteiger partial charge in [-0.15, -0.1) is 16.8 Å². The molecule has 9 nitrogen and oxygen atoms in total.